The van der Waals surface area contributed by atoms with Crippen LogP contribution in [0.1, 0.15) is 12.5 Å². The van der Waals surface area contributed by atoms with Gasteiger partial charge >= 0.3 is 0 Å². The highest BCUT2D eigenvalue weighted by Gasteiger charge is 2.33. The minimum absolute atomic E-state index is 0.322. The largest absolute Gasteiger partial charge is 0.368 e. The standard InChI is InChI=1S/C15H13Cl2FN2O/c1-15(14(19)21,9-2-7-12(16)13(17)8-9)20-11-5-3-10(18)4-6-11/h2-8,20H,1H3,(H2,19,21). The Hall–Kier alpha value is -1.78. The predicted octanol–water partition coefficient (Wildman–Crippen LogP) is 3.95. The number of primary amides is 1. The van der Waals surface area contributed by atoms with E-state index in [2.05, 4.69) is 5.32 Å². The number of anilines is 1. The van der Waals surface area contributed by atoms with Gasteiger partial charge in [0.15, 0.2) is 0 Å². The van der Waals surface area contributed by atoms with E-state index in [9.17, 15) is 9.18 Å². The lowest BCUT2D eigenvalue weighted by molar-refractivity contribution is -0.122. The molecule has 1 amide bonds. The molecule has 2 aromatic carbocycles. The minimum Gasteiger partial charge on any atom is -0.368 e. The molecule has 2 aromatic rings. The number of hydrogen-bond acceptors (Lipinski definition) is 2. The second kappa shape index (κ2) is 5.92. The molecule has 0 spiro atoms. The van der Waals surface area contributed by atoms with Crippen LogP contribution in [-0.4, -0.2) is 5.91 Å². The molecule has 0 aromatic heterocycles. The molecule has 2 rings (SSSR count). The maximum Gasteiger partial charge on any atom is 0.247 e. The lowest BCUT2D eigenvalue weighted by Crippen LogP contribution is -2.45. The monoisotopic (exact) mass is 326 g/mol. The van der Waals surface area contributed by atoms with Gasteiger partial charge in [-0.2, -0.15) is 0 Å². The van der Waals surface area contributed by atoms with Crippen molar-refractivity contribution in [1.82, 2.24) is 0 Å². The van der Waals surface area contributed by atoms with Crippen LogP contribution in [0.15, 0.2) is 42.5 Å². The summed E-state index contributed by atoms with van der Waals surface area (Å²) < 4.78 is 12.9. The van der Waals surface area contributed by atoms with Crippen LogP contribution in [0.5, 0.6) is 0 Å². The molecule has 0 fully saturated rings. The van der Waals surface area contributed by atoms with E-state index in [1.165, 1.54) is 24.3 Å². The zero-order valence-electron chi connectivity index (χ0n) is 11.2. The fourth-order valence-electron chi connectivity index (χ4n) is 1.91. The summed E-state index contributed by atoms with van der Waals surface area (Å²) in [5.74, 6) is -0.957. The Balaban J connectivity index is 2.42. The van der Waals surface area contributed by atoms with Crippen molar-refractivity contribution in [3.05, 3.63) is 63.9 Å². The molecule has 0 saturated carbocycles. The highest BCUT2D eigenvalue weighted by molar-refractivity contribution is 6.42. The van der Waals surface area contributed by atoms with Gasteiger partial charge < -0.3 is 11.1 Å². The molecule has 0 bridgehead atoms. The predicted molar refractivity (Wildman–Crippen MR) is 83.0 cm³/mol. The lowest BCUT2D eigenvalue weighted by atomic mass is 9.91. The van der Waals surface area contributed by atoms with Crippen molar-refractivity contribution < 1.29 is 9.18 Å². The smallest absolute Gasteiger partial charge is 0.247 e. The molecule has 0 saturated heterocycles. The van der Waals surface area contributed by atoms with Crippen molar-refractivity contribution in [2.45, 2.75) is 12.5 Å². The summed E-state index contributed by atoms with van der Waals surface area (Å²) in [4.78, 5) is 11.9. The second-order valence-corrected chi connectivity index (χ2v) is 5.56. The van der Waals surface area contributed by atoms with Gasteiger partial charge in [0.05, 0.1) is 10.0 Å². The summed E-state index contributed by atoms with van der Waals surface area (Å²) in [5.41, 5.74) is 5.44. The van der Waals surface area contributed by atoms with Crippen molar-refractivity contribution >= 4 is 34.8 Å². The van der Waals surface area contributed by atoms with E-state index in [0.717, 1.165) is 0 Å². The zero-order chi connectivity index (χ0) is 15.6. The molecule has 21 heavy (non-hydrogen) atoms. The summed E-state index contributed by atoms with van der Waals surface area (Å²) in [5, 5.41) is 3.71. The highest BCUT2D eigenvalue weighted by atomic mass is 35.5. The maximum atomic E-state index is 12.9. The molecule has 0 heterocycles. The van der Waals surface area contributed by atoms with E-state index in [0.29, 0.717) is 21.3 Å². The third kappa shape index (κ3) is 3.28. The van der Waals surface area contributed by atoms with Gasteiger partial charge in [-0.25, -0.2) is 4.39 Å². The van der Waals surface area contributed by atoms with Gasteiger partial charge in [-0.05, 0) is 48.9 Å². The fraction of sp³-hybridized carbons (Fsp3) is 0.133. The maximum absolute atomic E-state index is 12.9. The Labute approximate surface area is 131 Å². The van der Waals surface area contributed by atoms with E-state index in [-0.39, 0.29) is 5.82 Å². The van der Waals surface area contributed by atoms with Crippen LogP contribution in [0.3, 0.4) is 0 Å². The number of benzene rings is 2. The number of amides is 1. The molecule has 3 nitrogen and oxygen atoms in total. The number of nitrogens with two attached hydrogens (primary N) is 1. The number of hydrogen-bond donors (Lipinski definition) is 2. The van der Waals surface area contributed by atoms with Crippen molar-refractivity contribution in [2.24, 2.45) is 5.73 Å². The lowest BCUT2D eigenvalue weighted by Gasteiger charge is -2.29. The molecule has 1 unspecified atom stereocenters. The molecular formula is C15H13Cl2FN2O. The van der Waals surface area contributed by atoms with E-state index in [4.69, 9.17) is 28.9 Å². The number of carbonyl (C=O) groups excluding carboxylic acids is 1. The van der Waals surface area contributed by atoms with Crippen LogP contribution < -0.4 is 11.1 Å². The van der Waals surface area contributed by atoms with Gasteiger partial charge in [-0.1, -0.05) is 29.3 Å². The van der Waals surface area contributed by atoms with Gasteiger partial charge in [0.2, 0.25) is 5.91 Å². The Kier molecular flexibility index (Phi) is 4.40. The van der Waals surface area contributed by atoms with E-state index >= 15 is 0 Å². The SMILES string of the molecule is CC(Nc1ccc(F)cc1)(C(N)=O)c1ccc(Cl)c(Cl)c1. The molecule has 0 aliphatic carbocycles. The highest BCUT2D eigenvalue weighted by Crippen LogP contribution is 2.31. The second-order valence-electron chi connectivity index (χ2n) is 4.75. The molecular weight excluding hydrogens is 314 g/mol. The number of nitrogens with one attached hydrogen (secondary N) is 1. The van der Waals surface area contributed by atoms with Gasteiger partial charge in [0.1, 0.15) is 11.4 Å². The summed E-state index contributed by atoms with van der Waals surface area (Å²) >= 11 is 11.9. The van der Waals surface area contributed by atoms with E-state index in [1.54, 1.807) is 25.1 Å². The average Bonchev–Trinajstić information content (AvgIpc) is 2.44. The normalized spacial score (nSPS) is 13.5. The number of rotatable bonds is 4. The van der Waals surface area contributed by atoms with Crippen molar-refractivity contribution in [3.63, 3.8) is 0 Å². The Morgan fingerprint density at radius 2 is 1.76 bits per heavy atom. The van der Waals surface area contributed by atoms with E-state index in [1.807, 2.05) is 0 Å². The average molecular weight is 327 g/mol. The third-order valence-electron chi connectivity index (χ3n) is 3.23. The van der Waals surface area contributed by atoms with Crippen LogP contribution in [0.4, 0.5) is 10.1 Å². The van der Waals surface area contributed by atoms with Gasteiger partial charge in [0, 0.05) is 5.69 Å². The van der Waals surface area contributed by atoms with Crippen LogP contribution in [0, 0.1) is 5.82 Å². The topological polar surface area (TPSA) is 55.1 Å². The van der Waals surface area contributed by atoms with E-state index < -0.39 is 11.4 Å². The quantitative estimate of drug-likeness (QED) is 0.893. The third-order valence-corrected chi connectivity index (χ3v) is 3.97. The number of halogens is 3. The Morgan fingerprint density at radius 1 is 1.14 bits per heavy atom. The molecule has 0 radical (unpaired) electrons. The van der Waals surface area contributed by atoms with Crippen LogP contribution in [0.2, 0.25) is 10.0 Å². The summed E-state index contributed by atoms with van der Waals surface area (Å²) in [6.45, 7) is 1.62. The molecule has 0 aliphatic rings. The van der Waals surface area contributed by atoms with Crippen LogP contribution in [-0.2, 0) is 10.3 Å². The minimum atomic E-state index is -1.20. The first-order valence-electron chi connectivity index (χ1n) is 6.12. The van der Waals surface area contributed by atoms with Crippen LogP contribution >= 0.6 is 23.2 Å². The fourth-order valence-corrected chi connectivity index (χ4v) is 2.20. The van der Waals surface area contributed by atoms with Gasteiger partial charge in [0.25, 0.3) is 0 Å². The summed E-state index contributed by atoms with van der Waals surface area (Å²) in [7, 11) is 0. The van der Waals surface area contributed by atoms with Gasteiger partial charge in [-0.3, -0.25) is 4.79 Å². The number of carbonyl (C=O) groups is 1. The van der Waals surface area contributed by atoms with Crippen LogP contribution in [0.25, 0.3) is 0 Å². The zero-order valence-corrected chi connectivity index (χ0v) is 12.7. The van der Waals surface area contributed by atoms with Crippen molar-refractivity contribution in [1.29, 1.82) is 0 Å². The molecule has 6 heteroatoms. The molecule has 1 atom stereocenters. The molecule has 3 N–H and O–H groups in total. The van der Waals surface area contributed by atoms with Gasteiger partial charge in [-0.15, -0.1) is 0 Å². The summed E-state index contributed by atoms with van der Waals surface area (Å²) in [6, 6.07) is 10.5. The Morgan fingerprint density at radius 3 is 2.29 bits per heavy atom. The first kappa shape index (κ1) is 15.6. The molecule has 0 aliphatic heterocycles. The molecule has 110 valence electrons. The summed E-state index contributed by atoms with van der Waals surface area (Å²) in [6.07, 6.45) is 0. The van der Waals surface area contributed by atoms with Crippen molar-refractivity contribution in [2.75, 3.05) is 5.32 Å². The first-order valence-corrected chi connectivity index (χ1v) is 6.88. The Bertz CT molecular complexity index is 676. The van der Waals surface area contributed by atoms with Crippen molar-refractivity contribution in [3.8, 4) is 0 Å². The first-order chi connectivity index (χ1) is 9.83.